The first-order valence-electron chi connectivity index (χ1n) is 7.95. The Hall–Kier alpha value is -2.19. The van der Waals surface area contributed by atoms with Crippen LogP contribution in [0.5, 0.6) is 0 Å². The van der Waals surface area contributed by atoms with E-state index in [4.69, 9.17) is 0 Å². The van der Waals surface area contributed by atoms with Crippen LogP contribution in [0.3, 0.4) is 0 Å². The Bertz CT molecular complexity index is 843. The Morgan fingerprint density at radius 3 is 2.72 bits per heavy atom. The fraction of sp³-hybridized carbons (Fsp3) is 0.294. The van der Waals surface area contributed by atoms with Crippen molar-refractivity contribution >= 4 is 34.1 Å². The summed E-state index contributed by atoms with van der Waals surface area (Å²) >= 11 is 2.80. The number of benzene rings is 1. The van der Waals surface area contributed by atoms with E-state index in [1.165, 1.54) is 28.7 Å². The molecular weight excluding hydrogens is 354 g/mol. The van der Waals surface area contributed by atoms with Crippen molar-refractivity contribution in [2.45, 2.75) is 37.7 Å². The van der Waals surface area contributed by atoms with Gasteiger partial charge in [-0.3, -0.25) is 4.79 Å². The second kappa shape index (κ2) is 7.79. The van der Waals surface area contributed by atoms with Gasteiger partial charge >= 0.3 is 0 Å². The third-order valence-corrected chi connectivity index (χ3v) is 5.43. The first-order chi connectivity index (χ1) is 12.1. The minimum Gasteiger partial charge on any atom is -0.302 e. The van der Waals surface area contributed by atoms with Gasteiger partial charge in [-0.05, 0) is 20.8 Å². The molecule has 2 heterocycles. The van der Waals surface area contributed by atoms with E-state index in [0.29, 0.717) is 5.13 Å². The molecule has 1 atom stereocenters. The largest absolute Gasteiger partial charge is 0.302 e. The molecule has 0 aliphatic rings. The molecule has 1 unspecified atom stereocenters. The van der Waals surface area contributed by atoms with E-state index in [0.717, 1.165) is 23.1 Å². The summed E-state index contributed by atoms with van der Waals surface area (Å²) in [5.74, 6) is 0.722. The molecule has 2 aromatic heterocycles. The van der Waals surface area contributed by atoms with Crippen LogP contribution in [-0.2, 0) is 11.3 Å². The molecule has 0 fully saturated rings. The predicted octanol–water partition coefficient (Wildman–Crippen LogP) is 3.85. The summed E-state index contributed by atoms with van der Waals surface area (Å²) in [5, 5.41) is 14.3. The number of amides is 1. The van der Waals surface area contributed by atoms with E-state index < -0.39 is 0 Å². The summed E-state index contributed by atoms with van der Waals surface area (Å²) in [7, 11) is 0. The lowest BCUT2D eigenvalue weighted by Crippen LogP contribution is -2.22. The maximum atomic E-state index is 12.3. The third-order valence-electron chi connectivity index (χ3n) is 3.66. The van der Waals surface area contributed by atoms with E-state index in [-0.39, 0.29) is 11.2 Å². The van der Waals surface area contributed by atoms with Crippen molar-refractivity contribution in [3.05, 3.63) is 41.4 Å². The highest BCUT2D eigenvalue weighted by atomic mass is 32.2. The smallest absolute Gasteiger partial charge is 0.239 e. The third kappa shape index (κ3) is 4.08. The SMILES string of the molecule is CCn1c(SC(C)C(=O)Nc2nccs2)nnc1-c1ccc(C)cc1. The average Bonchev–Trinajstić information content (AvgIpc) is 3.25. The van der Waals surface area contributed by atoms with Crippen LogP contribution in [0.4, 0.5) is 5.13 Å². The van der Waals surface area contributed by atoms with Gasteiger partial charge in [-0.1, -0.05) is 41.6 Å². The van der Waals surface area contributed by atoms with Crippen LogP contribution >= 0.6 is 23.1 Å². The molecule has 8 heteroatoms. The summed E-state index contributed by atoms with van der Waals surface area (Å²) in [6.45, 7) is 6.69. The summed E-state index contributed by atoms with van der Waals surface area (Å²) in [4.78, 5) is 16.4. The van der Waals surface area contributed by atoms with Gasteiger partial charge in [-0.2, -0.15) is 0 Å². The molecule has 1 aromatic carbocycles. The minimum absolute atomic E-state index is 0.0949. The molecule has 1 amide bonds. The zero-order valence-electron chi connectivity index (χ0n) is 14.3. The lowest BCUT2D eigenvalue weighted by atomic mass is 10.1. The maximum Gasteiger partial charge on any atom is 0.239 e. The fourth-order valence-electron chi connectivity index (χ4n) is 2.28. The molecule has 25 heavy (non-hydrogen) atoms. The van der Waals surface area contributed by atoms with Crippen LogP contribution in [0.15, 0.2) is 41.0 Å². The zero-order valence-corrected chi connectivity index (χ0v) is 15.9. The van der Waals surface area contributed by atoms with Gasteiger partial charge in [0.15, 0.2) is 16.1 Å². The molecule has 1 N–H and O–H groups in total. The summed E-state index contributed by atoms with van der Waals surface area (Å²) < 4.78 is 2.03. The number of nitrogens with zero attached hydrogens (tertiary/aromatic N) is 4. The van der Waals surface area contributed by atoms with Crippen molar-refractivity contribution in [1.29, 1.82) is 0 Å². The van der Waals surface area contributed by atoms with Crippen molar-refractivity contribution < 1.29 is 4.79 Å². The van der Waals surface area contributed by atoms with Crippen LogP contribution in [0.1, 0.15) is 19.4 Å². The second-order valence-corrected chi connectivity index (χ2v) is 7.71. The number of anilines is 1. The molecule has 0 bridgehead atoms. The molecule has 0 spiro atoms. The van der Waals surface area contributed by atoms with Crippen LogP contribution < -0.4 is 5.32 Å². The normalized spacial score (nSPS) is 12.1. The number of rotatable bonds is 6. The lowest BCUT2D eigenvalue weighted by Gasteiger charge is -2.11. The van der Waals surface area contributed by atoms with Crippen molar-refractivity contribution in [3.8, 4) is 11.4 Å². The quantitative estimate of drug-likeness (QED) is 0.665. The molecule has 6 nitrogen and oxygen atoms in total. The highest BCUT2D eigenvalue weighted by Gasteiger charge is 2.20. The number of hydrogen-bond acceptors (Lipinski definition) is 6. The Labute approximate surface area is 154 Å². The summed E-state index contributed by atoms with van der Waals surface area (Å²) in [5.41, 5.74) is 2.22. The number of aryl methyl sites for hydroxylation is 1. The molecule has 3 aromatic rings. The van der Waals surface area contributed by atoms with Crippen molar-refractivity contribution in [3.63, 3.8) is 0 Å². The Kier molecular flexibility index (Phi) is 5.50. The molecule has 0 radical (unpaired) electrons. The molecule has 0 aliphatic heterocycles. The van der Waals surface area contributed by atoms with E-state index in [1.807, 2.05) is 35.9 Å². The number of carbonyl (C=O) groups excluding carboxylic acids is 1. The Morgan fingerprint density at radius 1 is 1.32 bits per heavy atom. The molecule has 0 saturated carbocycles. The first-order valence-corrected chi connectivity index (χ1v) is 9.71. The molecule has 0 aliphatic carbocycles. The first kappa shape index (κ1) is 17.6. The highest BCUT2D eigenvalue weighted by Crippen LogP contribution is 2.27. The Morgan fingerprint density at radius 2 is 2.08 bits per heavy atom. The predicted molar refractivity (Wildman–Crippen MR) is 102 cm³/mol. The maximum absolute atomic E-state index is 12.3. The Balaban J connectivity index is 1.76. The van der Waals surface area contributed by atoms with Gasteiger partial charge in [0.05, 0.1) is 5.25 Å². The molecule has 130 valence electrons. The van der Waals surface area contributed by atoms with Gasteiger partial charge in [0.2, 0.25) is 5.91 Å². The van der Waals surface area contributed by atoms with E-state index in [2.05, 4.69) is 39.6 Å². The van der Waals surface area contributed by atoms with Crippen LogP contribution in [0.25, 0.3) is 11.4 Å². The minimum atomic E-state index is -0.302. The van der Waals surface area contributed by atoms with E-state index in [9.17, 15) is 4.79 Å². The second-order valence-electron chi connectivity index (χ2n) is 5.50. The van der Waals surface area contributed by atoms with Gasteiger partial charge in [-0.15, -0.1) is 21.5 Å². The molecular formula is C17H19N5OS2. The monoisotopic (exact) mass is 373 g/mol. The van der Waals surface area contributed by atoms with E-state index >= 15 is 0 Å². The standard InChI is InChI=1S/C17H19N5OS2/c1-4-22-14(13-7-5-11(2)6-8-13)20-21-17(22)25-12(3)15(23)19-16-18-9-10-24-16/h5-10,12H,4H2,1-3H3,(H,18,19,23). The van der Waals surface area contributed by atoms with Gasteiger partial charge in [0.1, 0.15) is 0 Å². The number of aromatic nitrogens is 4. The topological polar surface area (TPSA) is 72.7 Å². The number of hydrogen-bond donors (Lipinski definition) is 1. The number of thiazole rings is 1. The number of carbonyl (C=O) groups is 1. The molecule has 0 saturated heterocycles. The lowest BCUT2D eigenvalue weighted by molar-refractivity contribution is -0.115. The van der Waals surface area contributed by atoms with Crippen LogP contribution in [-0.4, -0.2) is 30.9 Å². The van der Waals surface area contributed by atoms with Crippen LogP contribution in [0, 0.1) is 6.92 Å². The van der Waals surface area contributed by atoms with Crippen molar-refractivity contribution in [2.24, 2.45) is 0 Å². The van der Waals surface area contributed by atoms with Crippen LogP contribution in [0.2, 0.25) is 0 Å². The van der Waals surface area contributed by atoms with Crippen molar-refractivity contribution in [2.75, 3.05) is 5.32 Å². The highest BCUT2D eigenvalue weighted by molar-refractivity contribution is 8.00. The zero-order chi connectivity index (χ0) is 17.8. The fourth-order valence-corrected chi connectivity index (χ4v) is 3.73. The van der Waals surface area contributed by atoms with Gasteiger partial charge in [0, 0.05) is 23.7 Å². The van der Waals surface area contributed by atoms with E-state index in [1.54, 1.807) is 6.20 Å². The summed E-state index contributed by atoms with van der Waals surface area (Å²) in [6, 6.07) is 8.19. The number of thioether (sulfide) groups is 1. The average molecular weight is 374 g/mol. The van der Waals surface area contributed by atoms with Gasteiger partial charge in [0.25, 0.3) is 0 Å². The summed E-state index contributed by atoms with van der Waals surface area (Å²) in [6.07, 6.45) is 1.67. The van der Waals surface area contributed by atoms with Crippen molar-refractivity contribution in [1.82, 2.24) is 19.7 Å². The van der Waals surface area contributed by atoms with Gasteiger partial charge in [-0.25, -0.2) is 4.98 Å². The molecule has 3 rings (SSSR count). The van der Waals surface area contributed by atoms with Gasteiger partial charge < -0.3 is 9.88 Å². The number of nitrogens with one attached hydrogen (secondary N) is 1.